The molecule has 0 spiro atoms. The lowest BCUT2D eigenvalue weighted by molar-refractivity contribution is -0.148. The molecule has 17 heteroatoms. The summed E-state index contributed by atoms with van der Waals surface area (Å²) < 4.78 is 19.5. The molecule has 3 aliphatic heterocycles. The zero-order valence-corrected chi connectivity index (χ0v) is 40.2. The molecule has 0 saturated carbocycles. The van der Waals surface area contributed by atoms with Crippen molar-refractivity contribution in [3.8, 4) is 22.5 Å². The van der Waals surface area contributed by atoms with E-state index in [0.29, 0.717) is 49.1 Å². The average Bonchev–Trinajstić information content (AvgIpc) is 4.01. The maximum atomic E-state index is 14.0. The van der Waals surface area contributed by atoms with Crippen molar-refractivity contribution in [2.75, 3.05) is 51.3 Å². The van der Waals surface area contributed by atoms with Crippen molar-refractivity contribution in [2.45, 2.75) is 130 Å². The number of carboxylic acids is 1. The number of esters is 1. The quantitative estimate of drug-likeness (QED) is 0.104. The summed E-state index contributed by atoms with van der Waals surface area (Å²) in [7, 11) is 1.71. The van der Waals surface area contributed by atoms with Crippen LogP contribution in [0.4, 0.5) is 10.5 Å². The van der Waals surface area contributed by atoms with Gasteiger partial charge in [-0.3, -0.25) is 29.3 Å². The number of nitrogens with zero attached hydrogens (tertiary/aromatic N) is 6. The number of aryl methyl sites for hydroxylation is 1. The molecule has 16 nitrogen and oxygen atoms in total. The van der Waals surface area contributed by atoms with Crippen LogP contribution in [0.1, 0.15) is 103 Å². The van der Waals surface area contributed by atoms with Crippen LogP contribution in [0.2, 0.25) is 0 Å². The van der Waals surface area contributed by atoms with Crippen LogP contribution in [-0.4, -0.2) is 124 Å². The Morgan fingerprint density at radius 2 is 1.82 bits per heavy atom. The first kappa shape index (κ1) is 47.9. The Kier molecular flexibility index (Phi) is 14.6. The second-order valence-corrected chi connectivity index (χ2v) is 20.3. The van der Waals surface area contributed by atoms with E-state index in [1.807, 2.05) is 18.5 Å². The molecular formula is C48H66N8O8S. The van der Waals surface area contributed by atoms with E-state index in [1.165, 1.54) is 36.1 Å². The molecule has 7 rings (SSSR count). The number of piperazine rings is 1. The maximum absolute atomic E-state index is 14.0. The standard InChI is InChI=1S/C48H66N8O8S/c1-10-55-40-16-15-31(39-27-65-41(50-39)23-38(51-46(61)64-47(4,5)6)44(58)56-18-12-14-37(52-56)45(59)60)21-34(40)36(24-48(7,8)28-63-30(3)57)43(55)35-22-33(25-49-42(35)29(2)62-9)54-20-19-53-17-11-13-32(53)26-54/h15-16,21-22,25,27,29,32,37-38,52H,10-14,17-20,23-24,26,28H2,1-9H3,(H,51,61)(H,59,60)/t29-,32+,37-,38-/m0/s1. The van der Waals surface area contributed by atoms with Gasteiger partial charge in [0.1, 0.15) is 17.7 Å². The van der Waals surface area contributed by atoms with Crippen molar-refractivity contribution in [1.29, 1.82) is 0 Å². The molecule has 4 atom stereocenters. The van der Waals surface area contributed by atoms with E-state index in [9.17, 15) is 24.3 Å². The van der Waals surface area contributed by atoms with Gasteiger partial charge in [-0.1, -0.05) is 19.9 Å². The molecule has 0 aliphatic carbocycles. The SMILES string of the molecule is CCn1c(-c2cc(N3CCN4CCC[C@@H]4C3)cnc2[C@H](C)OC)c(CC(C)(C)COC(C)=O)c2cc(-c3csc(C[C@H](NC(=O)OC(C)(C)C)C(=O)N4CCC[C@@H](C(=O)O)N4)n3)ccc21. The summed E-state index contributed by atoms with van der Waals surface area (Å²) >= 11 is 1.38. The Morgan fingerprint density at radius 1 is 1.05 bits per heavy atom. The number of aromatic nitrogens is 3. The smallest absolute Gasteiger partial charge is 0.408 e. The first-order chi connectivity index (χ1) is 30.8. The normalized spacial score (nSPS) is 19.2. The van der Waals surface area contributed by atoms with Crippen LogP contribution in [0.5, 0.6) is 0 Å². The third-order valence-corrected chi connectivity index (χ3v) is 13.5. The van der Waals surface area contributed by atoms with Crippen molar-refractivity contribution in [3.63, 3.8) is 0 Å². The van der Waals surface area contributed by atoms with Crippen LogP contribution < -0.4 is 15.6 Å². The number of hydrazine groups is 1. The number of fused-ring (bicyclic) bond motifs is 2. The third kappa shape index (κ3) is 11.1. The van der Waals surface area contributed by atoms with E-state index >= 15 is 0 Å². The highest BCUT2D eigenvalue weighted by atomic mass is 32.1. The highest BCUT2D eigenvalue weighted by Gasteiger charge is 2.36. The van der Waals surface area contributed by atoms with Crippen LogP contribution in [-0.2, 0) is 48.0 Å². The number of pyridine rings is 1. The summed E-state index contributed by atoms with van der Waals surface area (Å²) in [4.78, 5) is 66.2. The van der Waals surface area contributed by atoms with E-state index < -0.39 is 41.1 Å². The molecule has 65 heavy (non-hydrogen) atoms. The van der Waals surface area contributed by atoms with Crippen LogP contribution in [0, 0.1) is 5.41 Å². The molecule has 0 unspecified atom stereocenters. The number of carbonyl (C=O) groups is 4. The van der Waals surface area contributed by atoms with Gasteiger partial charge in [-0.25, -0.2) is 15.2 Å². The number of carboxylic acid groups (broad SMARTS) is 1. The number of amides is 2. The zero-order chi connectivity index (χ0) is 46.8. The Labute approximate surface area is 386 Å². The minimum atomic E-state index is -1.08. The van der Waals surface area contributed by atoms with Gasteiger partial charge >= 0.3 is 18.0 Å². The van der Waals surface area contributed by atoms with E-state index in [-0.39, 0.29) is 25.1 Å². The number of rotatable bonds is 15. The van der Waals surface area contributed by atoms with Gasteiger partial charge in [0.2, 0.25) is 0 Å². The average molecular weight is 915 g/mol. The van der Waals surface area contributed by atoms with Crippen molar-refractivity contribution in [2.24, 2.45) is 5.41 Å². The number of nitrogens with one attached hydrogen (secondary N) is 2. The highest BCUT2D eigenvalue weighted by Crippen LogP contribution is 2.43. The van der Waals surface area contributed by atoms with Crippen LogP contribution in [0.15, 0.2) is 35.8 Å². The summed E-state index contributed by atoms with van der Waals surface area (Å²) in [6.45, 7) is 20.4. The molecule has 2 amide bonds. The van der Waals surface area contributed by atoms with Gasteiger partial charge in [0.05, 0.1) is 46.7 Å². The number of thiazole rings is 1. The lowest BCUT2D eigenvalue weighted by atomic mass is 9.84. The molecular weight excluding hydrogens is 849 g/mol. The molecule has 352 valence electrons. The zero-order valence-electron chi connectivity index (χ0n) is 39.4. The van der Waals surface area contributed by atoms with Gasteiger partial charge in [-0.05, 0) is 97.0 Å². The number of hydrogen-bond acceptors (Lipinski definition) is 13. The summed E-state index contributed by atoms with van der Waals surface area (Å²) in [5.74, 6) is -1.85. The van der Waals surface area contributed by atoms with Gasteiger partial charge in [-0.2, -0.15) is 0 Å². The lowest BCUT2D eigenvalue weighted by Gasteiger charge is -2.39. The Balaban J connectivity index is 1.29. The molecule has 4 aromatic rings. The highest BCUT2D eigenvalue weighted by molar-refractivity contribution is 7.10. The molecule has 3 N–H and O–H groups in total. The van der Waals surface area contributed by atoms with Crippen molar-refractivity contribution in [3.05, 3.63) is 52.1 Å². The van der Waals surface area contributed by atoms with Crippen LogP contribution in [0.25, 0.3) is 33.4 Å². The van der Waals surface area contributed by atoms with Gasteiger partial charge in [0.15, 0.2) is 0 Å². The van der Waals surface area contributed by atoms with Gasteiger partial charge in [0.25, 0.3) is 5.91 Å². The number of ether oxygens (including phenoxy) is 3. The molecule has 3 fully saturated rings. The molecule has 0 bridgehead atoms. The predicted octanol–water partition coefficient (Wildman–Crippen LogP) is 6.99. The molecule has 1 aromatic carbocycles. The number of alkyl carbamates (subject to hydrolysis) is 1. The van der Waals surface area contributed by atoms with E-state index in [1.54, 1.807) is 27.9 Å². The monoisotopic (exact) mass is 914 g/mol. The van der Waals surface area contributed by atoms with Crippen molar-refractivity contribution in [1.82, 2.24) is 35.2 Å². The van der Waals surface area contributed by atoms with Crippen molar-refractivity contribution < 1.29 is 38.5 Å². The molecule has 3 saturated heterocycles. The van der Waals surface area contributed by atoms with E-state index in [2.05, 4.69) is 70.1 Å². The first-order valence-electron chi connectivity index (χ1n) is 22.9. The second kappa shape index (κ2) is 19.8. The number of aliphatic carboxylic acids is 1. The summed E-state index contributed by atoms with van der Waals surface area (Å²) in [5.41, 5.74) is 9.28. The van der Waals surface area contributed by atoms with E-state index in [0.717, 1.165) is 70.8 Å². The fourth-order valence-electron chi connectivity index (χ4n) is 9.39. The lowest BCUT2D eigenvalue weighted by Crippen LogP contribution is -2.60. The number of hydrogen-bond donors (Lipinski definition) is 3. The predicted molar refractivity (Wildman–Crippen MR) is 251 cm³/mol. The Bertz CT molecular complexity index is 2390. The fraction of sp³-hybridized carbons (Fsp3) is 0.583. The summed E-state index contributed by atoms with van der Waals surface area (Å²) in [6, 6.07) is 7.20. The van der Waals surface area contributed by atoms with Gasteiger partial charge in [0, 0.05) is 92.0 Å². The van der Waals surface area contributed by atoms with E-state index in [4.69, 9.17) is 24.2 Å². The minimum absolute atomic E-state index is 0.0620. The van der Waals surface area contributed by atoms with Crippen molar-refractivity contribution >= 4 is 51.9 Å². The third-order valence-electron chi connectivity index (χ3n) is 12.6. The number of carbonyl (C=O) groups excluding carboxylic acids is 3. The molecule has 0 radical (unpaired) electrons. The largest absolute Gasteiger partial charge is 0.480 e. The Morgan fingerprint density at radius 3 is 2.52 bits per heavy atom. The maximum Gasteiger partial charge on any atom is 0.408 e. The Hall–Kier alpha value is -5.10. The molecule has 3 aromatic heterocycles. The van der Waals surface area contributed by atoms with Crippen LogP contribution in [0.3, 0.4) is 0 Å². The number of methoxy groups -OCH3 is 1. The molecule has 3 aliphatic rings. The minimum Gasteiger partial charge on any atom is -0.480 e. The summed E-state index contributed by atoms with van der Waals surface area (Å²) in [6.07, 6.45) is 4.92. The van der Waals surface area contributed by atoms with Gasteiger partial charge in [-0.15, -0.1) is 11.3 Å². The topological polar surface area (TPSA) is 181 Å². The summed E-state index contributed by atoms with van der Waals surface area (Å²) in [5, 5.41) is 17.3. The number of anilines is 1. The first-order valence-corrected chi connectivity index (χ1v) is 23.8. The van der Waals surface area contributed by atoms with Gasteiger partial charge < -0.3 is 34.1 Å². The van der Waals surface area contributed by atoms with Crippen LogP contribution >= 0.6 is 11.3 Å². The second-order valence-electron chi connectivity index (χ2n) is 19.4. The number of benzene rings is 1. The fourth-order valence-corrected chi connectivity index (χ4v) is 10.2. The molecule has 6 heterocycles.